The van der Waals surface area contributed by atoms with Crippen LogP contribution < -0.4 is 0 Å². The summed E-state index contributed by atoms with van der Waals surface area (Å²) in [6, 6.07) is 10.9. The van der Waals surface area contributed by atoms with Crippen LogP contribution in [-0.4, -0.2) is 29.8 Å². The molecule has 3 heteroatoms. The van der Waals surface area contributed by atoms with Crippen molar-refractivity contribution < 1.29 is 4.79 Å². The lowest BCUT2D eigenvalue weighted by Crippen LogP contribution is -2.51. The number of benzene rings is 1. The average Bonchev–Trinajstić information content (AvgIpc) is 2.47. The van der Waals surface area contributed by atoms with Crippen molar-refractivity contribution in [3.63, 3.8) is 0 Å². The lowest BCUT2D eigenvalue weighted by molar-refractivity contribution is 0.0338. The number of piperidine rings is 2. The number of nitriles is 1. The van der Waals surface area contributed by atoms with Crippen LogP contribution in [0.3, 0.4) is 0 Å². The Morgan fingerprint density at radius 2 is 1.86 bits per heavy atom. The molecule has 0 aliphatic carbocycles. The van der Waals surface area contributed by atoms with Crippen molar-refractivity contribution in [2.45, 2.75) is 50.6 Å². The molecule has 110 valence electrons. The molecule has 2 bridgehead atoms. The summed E-state index contributed by atoms with van der Waals surface area (Å²) in [7, 11) is 2.21. The molecule has 2 fully saturated rings. The summed E-state index contributed by atoms with van der Waals surface area (Å²) < 4.78 is 0. The largest absolute Gasteiger partial charge is 0.300 e. The predicted octanol–water partition coefficient (Wildman–Crippen LogP) is 3.20. The topological polar surface area (TPSA) is 44.1 Å². The highest BCUT2D eigenvalue weighted by atomic mass is 16.1. The number of rotatable bonds is 3. The zero-order valence-electron chi connectivity index (χ0n) is 12.6. The molecule has 21 heavy (non-hydrogen) atoms. The Hall–Kier alpha value is -1.66. The number of ketones is 1. The van der Waals surface area contributed by atoms with Gasteiger partial charge in [0.1, 0.15) is 0 Å². The summed E-state index contributed by atoms with van der Waals surface area (Å²) in [5.41, 5.74) is 1.79. The molecule has 1 aromatic rings. The van der Waals surface area contributed by atoms with Crippen LogP contribution in [0.15, 0.2) is 24.3 Å². The molecule has 3 nitrogen and oxygen atoms in total. The average molecular weight is 282 g/mol. The minimum absolute atomic E-state index is 0.179. The molecule has 2 atom stereocenters. The van der Waals surface area contributed by atoms with Gasteiger partial charge in [-0.25, -0.2) is 0 Å². The third kappa shape index (κ3) is 2.87. The van der Waals surface area contributed by atoms with Gasteiger partial charge in [-0.3, -0.25) is 4.79 Å². The van der Waals surface area contributed by atoms with E-state index in [0.717, 1.165) is 24.0 Å². The molecule has 2 heterocycles. The van der Waals surface area contributed by atoms with Crippen molar-refractivity contribution >= 4 is 5.78 Å². The zero-order chi connectivity index (χ0) is 14.8. The van der Waals surface area contributed by atoms with Crippen molar-refractivity contribution in [1.29, 1.82) is 5.26 Å². The van der Waals surface area contributed by atoms with Crippen molar-refractivity contribution in [3.05, 3.63) is 35.4 Å². The summed E-state index contributed by atoms with van der Waals surface area (Å²) in [5.74, 6) is 0.474. The van der Waals surface area contributed by atoms with Crippen molar-refractivity contribution in [2.75, 3.05) is 7.05 Å². The SMILES string of the molecule is CN1C2CCCC1CC(C(=O)c1ccc(CC#N)cc1)C2. The van der Waals surface area contributed by atoms with Crippen molar-refractivity contribution in [1.82, 2.24) is 4.90 Å². The van der Waals surface area contributed by atoms with Gasteiger partial charge in [0.2, 0.25) is 0 Å². The molecular formula is C18H22N2O. The molecule has 2 aliphatic heterocycles. The van der Waals surface area contributed by atoms with Gasteiger partial charge in [-0.1, -0.05) is 30.7 Å². The molecule has 0 N–H and O–H groups in total. The van der Waals surface area contributed by atoms with E-state index in [0.29, 0.717) is 24.3 Å². The lowest BCUT2D eigenvalue weighted by Gasteiger charge is -2.46. The van der Waals surface area contributed by atoms with Gasteiger partial charge in [-0.05, 0) is 38.3 Å². The van der Waals surface area contributed by atoms with Crippen LogP contribution in [0.5, 0.6) is 0 Å². The molecule has 0 amide bonds. The number of Topliss-reactive ketones (excluding diaryl/α,β-unsaturated/α-hetero) is 1. The van der Waals surface area contributed by atoms with E-state index < -0.39 is 0 Å². The van der Waals surface area contributed by atoms with Crippen LogP contribution in [0.4, 0.5) is 0 Å². The van der Waals surface area contributed by atoms with Crippen molar-refractivity contribution in [3.8, 4) is 6.07 Å². The fourth-order valence-electron chi connectivity index (χ4n) is 3.94. The van der Waals surface area contributed by atoms with Gasteiger partial charge in [0, 0.05) is 23.6 Å². The first-order chi connectivity index (χ1) is 10.2. The molecule has 2 aliphatic rings. The van der Waals surface area contributed by atoms with Crippen molar-refractivity contribution in [2.24, 2.45) is 5.92 Å². The van der Waals surface area contributed by atoms with E-state index in [1.165, 1.54) is 19.3 Å². The second-order valence-corrected chi connectivity index (χ2v) is 6.47. The van der Waals surface area contributed by atoms with E-state index >= 15 is 0 Å². The highest BCUT2D eigenvalue weighted by Gasteiger charge is 2.38. The predicted molar refractivity (Wildman–Crippen MR) is 82.0 cm³/mol. The van der Waals surface area contributed by atoms with Gasteiger partial charge in [0.15, 0.2) is 5.78 Å². The van der Waals surface area contributed by atoms with Gasteiger partial charge < -0.3 is 4.90 Å². The fourth-order valence-corrected chi connectivity index (χ4v) is 3.94. The van der Waals surface area contributed by atoms with E-state index in [-0.39, 0.29) is 5.92 Å². The quantitative estimate of drug-likeness (QED) is 0.800. The maximum Gasteiger partial charge on any atom is 0.166 e. The second-order valence-electron chi connectivity index (χ2n) is 6.47. The zero-order valence-corrected chi connectivity index (χ0v) is 12.6. The van der Waals surface area contributed by atoms with Gasteiger partial charge in [-0.2, -0.15) is 5.26 Å². The Morgan fingerprint density at radius 1 is 1.24 bits per heavy atom. The van der Waals surface area contributed by atoms with Gasteiger partial charge in [0.05, 0.1) is 12.5 Å². The molecule has 0 radical (unpaired) electrons. The molecule has 0 spiro atoms. The van der Waals surface area contributed by atoms with E-state index in [1.807, 2.05) is 24.3 Å². The summed E-state index contributed by atoms with van der Waals surface area (Å²) in [6.45, 7) is 0. The summed E-state index contributed by atoms with van der Waals surface area (Å²) in [4.78, 5) is 15.2. The van der Waals surface area contributed by atoms with Crippen LogP contribution in [0.1, 0.15) is 48.0 Å². The highest BCUT2D eigenvalue weighted by molar-refractivity contribution is 5.98. The first-order valence-electron chi connectivity index (χ1n) is 7.91. The summed E-state index contributed by atoms with van der Waals surface area (Å²) >= 11 is 0. The minimum Gasteiger partial charge on any atom is -0.300 e. The molecular weight excluding hydrogens is 260 g/mol. The number of fused-ring (bicyclic) bond motifs is 2. The van der Waals surface area contributed by atoms with Crippen LogP contribution in [0, 0.1) is 17.2 Å². The van der Waals surface area contributed by atoms with E-state index in [4.69, 9.17) is 5.26 Å². The van der Waals surface area contributed by atoms with Gasteiger partial charge in [-0.15, -0.1) is 0 Å². The van der Waals surface area contributed by atoms with Crippen LogP contribution in [0.25, 0.3) is 0 Å². The third-order valence-corrected chi connectivity index (χ3v) is 5.23. The van der Waals surface area contributed by atoms with E-state index in [1.54, 1.807) is 0 Å². The maximum absolute atomic E-state index is 12.7. The molecule has 3 rings (SSSR count). The molecule has 0 saturated carbocycles. The Balaban J connectivity index is 1.72. The van der Waals surface area contributed by atoms with Crippen LogP contribution in [0.2, 0.25) is 0 Å². The molecule has 2 unspecified atom stereocenters. The molecule has 1 aromatic carbocycles. The third-order valence-electron chi connectivity index (χ3n) is 5.23. The highest BCUT2D eigenvalue weighted by Crippen LogP contribution is 2.37. The minimum atomic E-state index is 0.179. The number of hydrogen-bond donors (Lipinski definition) is 0. The number of carbonyl (C=O) groups excluding carboxylic acids is 1. The van der Waals surface area contributed by atoms with Crippen LogP contribution in [-0.2, 0) is 6.42 Å². The fraction of sp³-hybridized carbons (Fsp3) is 0.556. The Labute approximate surface area is 126 Å². The first-order valence-corrected chi connectivity index (χ1v) is 7.91. The van der Waals surface area contributed by atoms with Gasteiger partial charge in [0.25, 0.3) is 0 Å². The standard InChI is InChI=1S/C18H22N2O/c1-20-16-3-2-4-17(20)12-15(11-16)18(21)14-7-5-13(6-8-14)9-10-19/h5-8,15-17H,2-4,9,11-12H2,1H3. The monoisotopic (exact) mass is 282 g/mol. The Morgan fingerprint density at radius 3 is 2.43 bits per heavy atom. The summed E-state index contributed by atoms with van der Waals surface area (Å²) in [6.07, 6.45) is 6.20. The molecule has 2 saturated heterocycles. The Kier molecular flexibility index (Phi) is 4.07. The first kappa shape index (κ1) is 14.3. The number of nitrogens with zero attached hydrogens (tertiary/aromatic N) is 2. The smallest absolute Gasteiger partial charge is 0.166 e. The van der Waals surface area contributed by atoms with E-state index in [9.17, 15) is 4.79 Å². The van der Waals surface area contributed by atoms with Crippen LogP contribution >= 0.6 is 0 Å². The van der Waals surface area contributed by atoms with Gasteiger partial charge >= 0.3 is 0 Å². The molecule has 0 aromatic heterocycles. The number of carbonyl (C=O) groups is 1. The Bertz CT molecular complexity index is 544. The lowest BCUT2D eigenvalue weighted by atomic mass is 9.76. The normalized spacial score (nSPS) is 28.9. The summed E-state index contributed by atoms with van der Waals surface area (Å²) in [5, 5.41) is 8.70. The maximum atomic E-state index is 12.7. The van der Waals surface area contributed by atoms with E-state index in [2.05, 4.69) is 18.0 Å². The number of hydrogen-bond acceptors (Lipinski definition) is 3. The second kappa shape index (κ2) is 5.99.